The predicted molar refractivity (Wildman–Crippen MR) is 73.6 cm³/mol. The second-order valence-corrected chi connectivity index (χ2v) is 5.21. The molecule has 0 saturated carbocycles. The molecule has 0 radical (unpaired) electrons. The van der Waals surface area contributed by atoms with Crippen LogP contribution in [0.4, 0.5) is 5.95 Å². The molecule has 98 valence electrons. The first-order valence-corrected chi connectivity index (χ1v) is 6.41. The van der Waals surface area contributed by atoms with Crippen LogP contribution in [0.15, 0.2) is 6.20 Å². The van der Waals surface area contributed by atoms with Crippen LogP contribution < -0.4 is 5.32 Å². The summed E-state index contributed by atoms with van der Waals surface area (Å²) in [4.78, 5) is 6.83. The summed E-state index contributed by atoms with van der Waals surface area (Å²) in [5.41, 5.74) is 1.07. The fraction of sp³-hybridized carbons (Fsp3) is 0.769. The van der Waals surface area contributed by atoms with Gasteiger partial charge in [0.25, 0.3) is 0 Å². The van der Waals surface area contributed by atoms with E-state index in [1.165, 1.54) is 0 Å². The van der Waals surface area contributed by atoms with Crippen molar-refractivity contribution in [3.05, 3.63) is 11.9 Å². The van der Waals surface area contributed by atoms with Gasteiger partial charge in [-0.25, -0.2) is 4.98 Å². The average molecular weight is 238 g/mol. The van der Waals surface area contributed by atoms with E-state index in [2.05, 4.69) is 60.7 Å². The first-order chi connectivity index (χ1) is 7.91. The van der Waals surface area contributed by atoms with Crippen LogP contribution in [-0.4, -0.2) is 40.6 Å². The normalized spacial score (nSPS) is 11.8. The van der Waals surface area contributed by atoms with E-state index in [1.807, 2.05) is 6.92 Å². The zero-order chi connectivity index (χ0) is 13.0. The summed E-state index contributed by atoms with van der Waals surface area (Å²) in [5, 5.41) is 3.41. The van der Waals surface area contributed by atoms with Gasteiger partial charge < -0.3 is 14.8 Å². The maximum Gasteiger partial charge on any atom is 0.203 e. The summed E-state index contributed by atoms with van der Waals surface area (Å²) in [6.45, 7) is 12.8. The van der Waals surface area contributed by atoms with Gasteiger partial charge in [0, 0.05) is 31.4 Å². The van der Waals surface area contributed by atoms with Crippen LogP contribution in [0.25, 0.3) is 0 Å². The van der Waals surface area contributed by atoms with Crippen molar-refractivity contribution in [1.82, 2.24) is 14.5 Å². The van der Waals surface area contributed by atoms with Gasteiger partial charge in [-0.15, -0.1) is 0 Å². The van der Waals surface area contributed by atoms with Crippen molar-refractivity contribution in [3.63, 3.8) is 0 Å². The van der Waals surface area contributed by atoms with Gasteiger partial charge in [-0.2, -0.15) is 0 Å². The Balaban J connectivity index is 2.51. The summed E-state index contributed by atoms with van der Waals surface area (Å²) in [6.07, 6.45) is 2.10. The molecule has 0 bridgehead atoms. The molecule has 0 atom stereocenters. The molecule has 4 heteroatoms. The number of hydrogen-bond acceptors (Lipinski definition) is 3. The molecule has 0 aliphatic rings. The van der Waals surface area contributed by atoms with Gasteiger partial charge in [0.1, 0.15) is 0 Å². The van der Waals surface area contributed by atoms with Crippen molar-refractivity contribution in [2.24, 2.45) is 0 Å². The Hall–Kier alpha value is -1.03. The summed E-state index contributed by atoms with van der Waals surface area (Å²) in [7, 11) is 2.15. The van der Waals surface area contributed by atoms with Crippen LogP contribution in [0.5, 0.6) is 0 Å². The number of likely N-dealkylation sites (N-methyl/N-ethyl adjacent to an activating group) is 1. The first-order valence-electron chi connectivity index (χ1n) is 6.41. The highest BCUT2D eigenvalue weighted by atomic mass is 15.2. The largest absolute Gasteiger partial charge is 0.354 e. The van der Waals surface area contributed by atoms with Crippen molar-refractivity contribution in [3.8, 4) is 0 Å². The highest BCUT2D eigenvalue weighted by molar-refractivity contribution is 5.29. The van der Waals surface area contributed by atoms with E-state index in [0.717, 1.165) is 24.7 Å². The molecule has 17 heavy (non-hydrogen) atoms. The summed E-state index contributed by atoms with van der Waals surface area (Å²) in [5.74, 6) is 0.981. The molecule has 0 fully saturated rings. The molecule has 0 aliphatic heterocycles. The third kappa shape index (κ3) is 4.04. The Morgan fingerprint density at radius 2 is 2.00 bits per heavy atom. The van der Waals surface area contributed by atoms with Crippen LogP contribution in [0, 0.1) is 6.92 Å². The van der Waals surface area contributed by atoms with Crippen molar-refractivity contribution >= 4 is 5.95 Å². The number of aromatic nitrogens is 2. The SMILES string of the molecule is Cc1cn(C(C)C)c(NCCN(C)C(C)C)n1. The van der Waals surface area contributed by atoms with Gasteiger partial charge in [-0.3, -0.25) is 0 Å². The van der Waals surface area contributed by atoms with Crippen molar-refractivity contribution in [2.75, 3.05) is 25.5 Å². The molecule has 1 aromatic heterocycles. The van der Waals surface area contributed by atoms with Crippen LogP contribution in [-0.2, 0) is 0 Å². The number of nitrogens with one attached hydrogen (secondary N) is 1. The van der Waals surface area contributed by atoms with Crippen LogP contribution >= 0.6 is 0 Å². The third-order valence-corrected chi connectivity index (χ3v) is 3.04. The molecule has 1 heterocycles. The zero-order valence-corrected chi connectivity index (χ0v) is 12.0. The average Bonchev–Trinajstić information content (AvgIpc) is 2.59. The van der Waals surface area contributed by atoms with E-state index in [0.29, 0.717) is 12.1 Å². The molecule has 0 spiro atoms. The molecule has 0 unspecified atom stereocenters. The number of rotatable bonds is 6. The highest BCUT2D eigenvalue weighted by Crippen LogP contribution is 2.14. The van der Waals surface area contributed by atoms with E-state index in [4.69, 9.17) is 0 Å². The Kier molecular flexibility index (Phi) is 5.00. The minimum atomic E-state index is 0.446. The molecule has 0 aromatic carbocycles. The Morgan fingerprint density at radius 1 is 1.35 bits per heavy atom. The molecular weight excluding hydrogens is 212 g/mol. The van der Waals surface area contributed by atoms with Crippen LogP contribution in [0.3, 0.4) is 0 Å². The van der Waals surface area contributed by atoms with Gasteiger partial charge in [0.2, 0.25) is 5.95 Å². The highest BCUT2D eigenvalue weighted by Gasteiger charge is 2.08. The zero-order valence-electron chi connectivity index (χ0n) is 12.0. The van der Waals surface area contributed by atoms with Gasteiger partial charge >= 0.3 is 0 Å². The number of nitrogens with zero attached hydrogens (tertiary/aromatic N) is 3. The lowest BCUT2D eigenvalue weighted by Gasteiger charge is -2.21. The number of hydrogen-bond donors (Lipinski definition) is 1. The Labute approximate surface area is 105 Å². The van der Waals surface area contributed by atoms with E-state index >= 15 is 0 Å². The van der Waals surface area contributed by atoms with Crippen LogP contribution in [0.2, 0.25) is 0 Å². The molecule has 4 nitrogen and oxygen atoms in total. The number of imidazole rings is 1. The monoisotopic (exact) mass is 238 g/mol. The van der Waals surface area contributed by atoms with Crippen molar-refractivity contribution in [2.45, 2.75) is 46.7 Å². The van der Waals surface area contributed by atoms with Crippen LogP contribution in [0.1, 0.15) is 39.4 Å². The lowest BCUT2D eigenvalue weighted by atomic mass is 10.3. The topological polar surface area (TPSA) is 33.1 Å². The van der Waals surface area contributed by atoms with E-state index in [9.17, 15) is 0 Å². The lowest BCUT2D eigenvalue weighted by molar-refractivity contribution is 0.284. The Bertz CT molecular complexity index is 341. The van der Waals surface area contributed by atoms with Gasteiger partial charge in [-0.05, 0) is 41.7 Å². The van der Waals surface area contributed by atoms with Gasteiger partial charge in [0.05, 0.1) is 5.69 Å². The molecular formula is C13H26N4. The van der Waals surface area contributed by atoms with Crippen molar-refractivity contribution < 1.29 is 0 Å². The predicted octanol–water partition coefficient (Wildman–Crippen LogP) is 2.52. The standard InChI is InChI=1S/C13H26N4/c1-10(2)16(6)8-7-14-13-15-12(5)9-17(13)11(3)4/h9-11H,7-8H2,1-6H3,(H,14,15). The van der Waals surface area contributed by atoms with Crippen molar-refractivity contribution in [1.29, 1.82) is 0 Å². The molecule has 1 aromatic rings. The second kappa shape index (κ2) is 6.05. The molecule has 0 amide bonds. The fourth-order valence-electron chi connectivity index (χ4n) is 1.64. The fourth-order valence-corrected chi connectivity index (χ4v) is 1.64. The van der Waals surface area contributed by atoms with E-state index in [-0.39, 0.29) is 0 Å². The minimum Gasteiger partial charge on any atom is -0.354 e. The summed E-state index contributed by atoms with van der Waals surface area (Å²) >= 11 is 0. The molecule has 0 saturated heterocycles. The second-order valence-electron chi connectivity index (χ2n) is 5.21. The molecule has 0 aliphatic carbocycles. The Morgan fingerprint density at radius 3 is 2.53 bits per heavy atom. The summed E-state index contributed by atoms with van der Waals surface area (Å²) in [6, 6.07) is 1.03. The van der Waals surface area contributed by atoms with E-state index < -0.39 is 0 Å². The smallest absolute Gasteiger partial charge is 0.203 e. The van der Waals surface area contributed by atoms with E-state index in [1.54, 1.807) is 0 Å². The number of aryl methyl sites for hydroxylation is 1. The molecule has 1 N–H and O–H groups in total. The number of anilines is 1. The lowest BCUT2D eigenvalue weighted by Crippen LogP contribution is -2.31. The summed E-state index contributed by atoms with van der Waals surface area (Å²) < 4.78 is 2.19. The van der Waals surface area contributed by atoms with Gasteiger partial charge in [0.15, 0.2) is 0 Å². The maximum atomic E-state index is 4.51. The quantitative estimate of drug-likeness (QED) is 0.826. The first kappa shape index (κ1) is 14.0. The maximum absolute atomic E-state index is 4.51. The van der Waals surface area contributed by atoms with Gasteiger partial charge in [-0.1, -0.05) is 0 Å². The third-order valence-electron chi connectivity index (χ3n) is 3.04. The molecule has 1 rings (SSSR count). The minimum absolute atomic E-state index is 0.446.